The van der Waals surface area contributed by atoms with E-state index in [4.69, 9.17) is 9.79 Å². The van der Waals surface area contributed by atoms with Crippen molar-refractivity contribution in [3.05, 3.63) is 11.5 Å². The molecule has 1 atom stereocenters. The van der Waals surface area contributed by atoms with Crippen LogP contribution in [-0.4, -0.2) is 31.7 Å². The highest BCUT2D eigenvalue weighted by Crippen LogP contribution is 2.50. The number of hydrogen-bond donors (Lipinski definition) is 2. The Kier molecular flexibility index (Phi) is 2.03. The summed E-state index contributed by atoms with van der Waals surface area (Å²) in [6.07, 6.45) is 1.78. The number of fused-ring (bicyclic) bond motifs is 1. The lowest BCUT2D eigenvalue weighted by molar-refractivity contribution is -0.137. The van der Waals surface area contributed by atoms with Gasteiger partial charge in [-0.05, 0) is 0 Å². The van der Waals surface area contributed by atoms with Crippen molar-refractivity contribution >= 4 is 25.3 Å². The Morgan fingerprint density at radius 2 is 2.31 bits per heavy atom. The summed E-state index contributed by atoms with van der Waals surface area (Å²) in [7, 11) is -4.15. The van der Waals surface area contributed by atoms with Gasteiger partial charge in [-0.15, -0.1) is 11.8 Å². The van der Waals surface area contributed by atoms with Crippen LogP contribution in [-0.2, 0) is 9.36 Å². The Bertz CT molecular complexity index is 336. The molecule has 0 aromatic heterocycles. The molecule has 0 radical (unpaired) electrons. The lowest BCUT2D eigenvalue weighted by atomic mass is 10.2. The van der Waals surface area contributed by atoms with Crippen molar-refractivity contribution < 1.29 is 19.1 Å². The van der Waals surface area contributed by atoms with Crippen LogP contribution in [0.4, 0.5) is 0 Å². The van der Waals surface area contributed by atoms with E-state index in [1.165, 1.54) is 22.9 Å². The van der Waals surface area contributed by atoms with E-state index in [0.29, 0.717) is 12.2 Å². The highest BCUT2D eigenvalue weighted by molar-refractivity contribution is 8.00. The minimum atomic E-state index is -4.15. The third-order valence-corrected chi connectivity index (χ3v) is 4.53. The molecule has 0 saturated carbocycles. The van der Waals surface area contributed by atoms with E-state index in [9.17, 15) is 9.36 Å². The van der Waals surface area contributed by atoms with Crippen LogP contribution in [0.2, 0.25) is 0 Å². The molecule has 72 valence electrons. The summed E-state index contributed by atoms with van der Waals surface area (Å²) in [5.41, 5.74) is 0. The Labute approximate surface area is 79.0 Å². The number of carbonyl (C=O) groups is 1. The molecule has 1 saturated heterocycles. The fraction of sp³-hybridized carbons (Fsp3) is 0.500. The van der Waals surface area contributed by atoms with Crippen molar-refractivity contribution in [2.24, 2.45) is 0 Å². The molecular weight excluding hydrogens is 213 g/mol. The van der Waals surface area contributed by atoms with Crippen LogP contribution in [0.25, 0.3) is 0 Å². The zero-order chi connectivity index (χ0) is 9.64. The molecule has 1 fully saturated rings. The molecule has 13 heavy (non-hydrogen) atoms. The highest BCUT2D eigenvalue weighted by Gasteiger charge is 2.40. The van der Waals surface area contributed by atoms with Crippen molar-refractivity contribution in [3.63, 3.8) is 0 Å². The average Bonchev–Trinajstić information content (AvgIpc) is 2.00. The van der Waals surface area contributed by atoms with Crippen LogP contribution in [0.3, 0.4) is 0 Å². The third kappa shape index (κ3) is 1.55. The van der Waals surface area contributed by atoms with E-state index in [0.717, 1.165) is 0 Å². The lowest BCUT2D eigenvalue weighted by Crippen LogP contribution is -2.49. The molecule has 2 heterocycles. The predicted octanol–water partition coefficient (Wildman–Crippen LogP) is 0.311. The fourth-order valence-electron chi connectivity index (χ4n) is 1.23. The van der Waals surface area contributed by atoms with Gasteiger partial charge in [-0.1, -0.05) is 0 Å². The van der Waals surface area contributed by atoms with E-state index < -0.39 is 7.60 Å². The van der Waals surface area contributed by atoms with E-state index in [2.05, 4.69) is 0 Å². The topological polar surface area (TPSA) is 77.8 Å². The number of hydrogen-bond acceptors (Lipinski definition) is 3. The van der Waals surface area contributed by atoms with Gasteiger partial charge in [-0.25, -0.2) is 0 Å². The first kappa shape index (κ1) is 9.27. The first-order valence-electron chi connectivity index (χ1n) is 3.68. The van der Waals surface area contributed by atoms with Gasteiger partial charge in [-0.2, -0.15) is 0 Å². The summed E-state index contributed by atoms with van der Waals surface area (Å²) in [5.74, 6) is 0.252. The summed E-state index contributed by atoms with van der Waals surface area (Å²) in [6.45, 7) is 0. The van der Waals surface area contributed by atoms with Gasteiger partial charge in [0.05, 0.1) is 17.1 Å². The van der Waals surface area contributed by atoms with Crippen molar-refractivity contribution in [3.8, 4) is 0 Å². The van der Waals surface area contributed by atoms with Crippen LogP contribution < -0.4 is 0 Å². The minimum absolute atomic E-state index is 0.0433. The Hall–Kier alpha value is -0.290. The van der Waals surface area contributed by atoms with Crippen LogP contribution in [0.5, 0.6) is 0 Å². The number of thioether (sulfide) groups is 1. The van der Waals surface area contributed by atoms with E-state index in [-0.39, 0.29) is 16.6 Å². The quantitative estimate of drug-likeness (QED) is 0.492. The lowest BCUT2D eigenvalue weighted by Gasteiger charge is -2.40. The summed E-state index contributed by atoms with van der Waals surface area (Å²) in [5, 5.41) is 0.143. The maximum Gasteiger partial charge on any atom is 0.354 e. The minimum Gasteiger partial charge on any atom is -0.321 e. The fourth-order valence-corrected chi connectivity index (χ4v) is 3.44. The molecule has 0 spiro atoms. The van der Waals surface area contributed by atoms with Gasteiger partial charge < -0.3 is 14.7 Å². The number of β-lactam (4-membered cyclic amide) rings is 1. The summed E-state index contributed by atoms with van der Waals surface area (Å²) in [4.78, 5) is 30.0. The molecule has 2 aliphatic heterocycles. The SMILES string of the molecule is O=C1C[C@H]2SCC(P(=O)(O)O)=CN12. The first-order chi connectivity index (χ1) is 5.98. The number of rotatable bonds is 1. The van der Waals surface area contributed by atoms with Crippen molar-refractivity contribution in [1.29, 1.82) is 0 Å². The zero-order valence-electron chi connectivity index (χ0n) is 6.58. The van der Waals surface area contributed by atoms with Gasteiger partial charge in [0.25, 0.3) is 0 Å². The maximum atomic E-state index is 11.0. The second-order valence-corrected chi connectivity index (χ2v) is 5.76. The van der Waals surface area contributed by atoms with Crippen molar-refractivity contribution in [1.82, 2.24) is 4.90 Å². The highest BCUT2D eigenvalue weighted by atomic mass is 32.2. The largest absolute Gasteiger partial charge is 0.354 e. The van der Waals surface area contributed by atoms with Gasteiger partial charge >= 0.3 is 7.60 Å². The molecular formula is C6H8NO4PS. The van der Waals surface area contributed by atoms with Gasteiger partial charge in [-0.3, -0.25) is 9.36 Å². The van der Waals surface area contributed by atoms with Gasteiger partial charge in [0.15, 0.2) is 0 Å². The maximum absolute atomic E-state index is 11.0. The molecule has 0 bridgehead atoms. The summed E-state index contributed by atoms with van der Waals surface area (Å²) >= 11 is 1.40. The molecule has 0 unspecified atom stereocenters. The van der Waals surface area contributed by atoms with Crippen molar-refractivity contribution in [2.45, 2.75) is 11.8 Å². The standard InChI is InChI=1S/C6H8NO4PS/c8-5-1-6-7(5)2-4(3-13-6)12(9,10)11/h2,6H,1,3H2,(H2,9,10,11)/t6-/m1/s1. The van der Waals surface area contributed by atoms with Gasteiger partial charge in [0, 0.05) is 12.0 Å². The molecule has 5 nitrogen and oxygen atoms in total. The number of nitrogens with zero attached hydrogens (tertiary/aromatic N) is 1. The van der Waals surface area contributed by atoms with Crippen LogP contribution >= 0.6 is 19.4 Å². The monoisotopic (exact) mass is 221 g/mol. The van der Waals surface area contributed by atoms with Crippen LogP contribution in [0.15, 0.2) is 11.5 Å². The smallest absolute Gasteiger partial charge is 0.321 e. The number of amides is 1. The predicted molar refractivity (Wildman–Crippen MR) is 47.8 cm³/mol. The number of carbonyl (C=O) groups excluding carboxylic acids is 1. The van der Waals surface area contributed by atoms with Gasteiger partial charge in [0.1, 0.15) is 0 Å². The molecule has 2 rings (SSSR count). The zero-order valence-corrected chi connectivity index (χ0v) is 8.29. The molecule has 0 aliphatic carbocycles. The van der Waals surface area contributed by atoms with E-state index in [1.807, 2.05) is 0 Å². The summed E-state index contributed by atoms with van der Waals surface area (Å²) in [6, 6.07) is 0. The molecule has 2 N–H and O–H groups in total. The molecule has 2 aliphatic rings. The van der Waals surface area contributed by atoms with Crippen LogP contribution in [0, 0.1) is 0 Å². The van der Waals surface area contributed by atoms with E-state index >= 15 is 0 Å². The van der Waals surface area contributed by atoms with E-state index in [1.54, 1.807) is 0 Å². The molecule has 1 amide bonds. The second kappa shape index (κ2) is 2.85. The Morgan fingerprint density at radius 3 is 2.85 bits per heavy atom. The first-order valence-corrected chi connectivity index (χ1v) is 6.34. The Balaban J connectivity index is 2.24. The van der Waals surface area contributed by atoms with Crippen LogP contribution in [0.1, 0.15) is 6.42 Å². The average molecular weight is 221 g/mol. The van der Waals surface area contributed by atoms with Crippen molar-refractivity contribution in [2.75, 3.05) is 5.75 Å². The molecule has 0 aromatic rings. The molecule has 7 heteroatoms. The second-order valence-electron chi connectivity index (χ2n) is 2.94. The molecule has 0 aromatic carbocycles. The summed E-state index contributed by atoms with van der Waals surface area (Å²) < 4.78 is 10.8. The normalized spacial score (nSPS) is 27.8. The Morgan fingerprint density at radius 1 is 1.62 bits per heavy atom. The third-order valence-electron chi connectivity index (χ3n) is 2.03. The van der Waals surface area contributed by atoms with Gasteiger partial charge in [0.2, 0.25) is 5.91 Å².